The van der Waals surface area contributed by atoms with Crippen molar-refractivity contribution in [2.45, 2.75) is 25.7 Å². The summed E-state index contributed by atoms with van der Waals surface area (Å²) in [6.45, 7) is 5.04. The van der Waals surface area contributed by atoms with E-state index < -0.39 is 29.3 Å². The summed E-state index contributed by atoms with van der Waals surface area (Å²) in [5.41, 5.74) is 2.49. The van der Waals surface area contributed by atoms with Crippen molar-refractivity contribution >= 4 is 40.0 Å². The van der Waals surface area contributed by atoms with Crippen LogP contribution < -0.4 is 5.32 Å². The molecule has 1 atom stereocenters. The lowest BCUT2D eigenvalue weighted by molar-refractivity contribution is -0.119. The van der Waals surface area contributed by atoms with Crippen LogP contribution in [0.25, 0.3) is 0 Å². The second-order valence-corrected chi connectivity index (χ2v) is 7.81. The van der Waals surface area contributed by atoms with Gasteiger partial charge in [0.15, 0.2) is 6.61 Å². The topological polar surface area (TPSA) is 72.5 Å². The molecule has 2 aromatic rings. The fourth-order valence-corrected chi connectivity index (χ4v) is 3.75. The molecule has 0 spiro atoms. The number of carbonyl (C=O) groups excluding carboxylic acids is 2. The minimum absolute atomic E-state index is 0.199. The summed E-state index contributed by atoms with van der Waals surface area (Å²) in [6, 6.07) is 10.1. The van der Waals surface area contributed by atoms with Crippen molar-refractivity contribution < 1.29 is 18.5 Å². The highest BCUT2D eigenvalue weighted by Gasteiger charge is 2.18. The Labute approximate surface area is 160 Å². The quantitative estimate of drug-likeness (QED) is 0.756. The molecule has 0 fully saturated rings. The third-order valence-corrected chi connectivity index (χ3v) is 5.31. The van der Waals surface area contributed by atoms with Crippen molar-refractivity contribution in [2.24, 2.45) is 0 Å². The van der Waals surface area contributed by atoms with Crippen molar-refractivity contribution in [1.82, 2.24) is 0 Å². The van der Waals surface area contributed by atoms with Gasteiger partial charge in [-0.15, -0.1) is 0 Å². The minimum atomic E-state index is -1.30. The first-order valence-corrected chi connectivity index (χ1v) is 9.74. The fourth-order valence-electron chi connectivity index (χ4n) is 2.45. The van der Waals surface area contributed by atoms with E-state index in [1.54, 1.807) is 31.2 Å². The van der Waals surface area contributed by atoms with Gasteiger partial charge in [0, 0.05) is 5.75 Å². The normalized spacial score (nSPS) is 11.7. The molecule has 0 bridgehead atoms. The van der Waals surface area contributed by atoms with E-state index in [0.717, 1.165) is 11.1 Å². The number of benzene rings is 2. The van der Waals surface area contributed by atoms with E-state index in [0.29, 0.717) is 21.4 Å². The Balaban J connectivity index is 2.05. The molecule has 2 aromatic carbocycles. The first kappa shape index (κ1) is 20.1. The van der Waals surface area contributed by atoms with E-state index in [1.165, 1.54) is 6.07 Å². The van der Waals surface area contributed by atoms with Crippen LogP contribution in [0.15, 0.2) is 41.3 Å². The number of esters is 1. The number of nitrogens with one attached hydrogen (secondary N) is 1. The Morgan fingerprint density at radius 3 is 2.54 bits per heavy atom. The summed E-state index contributed by atoms with van der Waals surface area (Å²) in [4.78, 5) is 24.8. The van der Waals surface area contributed by atoms with Gasteiger partial charge < -0.3 is 10.1 Å². The summed E-state index contributed by atoms with van der Waals surface area (Å²) in [5.74, 6) is -0.804. The van der Waals surface area contributed by atoms with Crippen LogP contribution in [0.3, 0.4) is 0 Å². The monoisotopic (exact) mass is 393 g/mol. The molecular weight excluding hydrogens is 374 g/mol. The van der Waals surface area contributed by atoms with Gasteiger partial charge in [0.25, 0.3) is 5.91 Å². The molecule has 1 unspecified atom stereocenters. The van der Waals surface area contributed by atoms with Crippen molar-refractivity contribution in [1.29, 1.82) is 0 Å². The van der Waals surface area contributed by atoms with Crippen LogP contribution in [-0.4, -0.2) is 28.4 Å². The highest BCUT2D eigenvalue weighted by atomic mass is 35.5. The first-order valence-electron chi connectivity index (χ1n) is 8.04. The van der Waals surface area contributed by atoms with Crippen molar-refractivity contribution in [2.75, 3.05) is 17.7 Å². The number of hydrogen-bond donors (Lipinski definition) is 1. The standard InChI is InChI=1S/C19H20ClNO4S/c1-4-26(24)16-8-6-5-7-14(16)19(23)25-11-17(22)21-18-13(3)9-12(2)10-15(18)20/h5-10H,4,11H2,1-3H3,(H,21,22). The van der Waals surface area contributed by atoms with Gasteiger partial charge in [-0.1, -0.05) is 36.7 Å². The molecule has 0 aliphatic heterocycles. The lowest BCUT2D eigenvalue weighted by atomic mass is 10.1. The van der Waals surface area contributed by atoms with Gasteiger partial charge in [0.1, 0.15) is 0 Å². The average molecular weight is 394 g/mol. The molecule has 0 heterocycles. The number of rotatable bonds is 6. The third-order valence-electron chi connectivity index (χ3n) is 3.64. The lowest BCUT2D eigenvalue weighted by Crippen LogP contribution is -2.22. The molecule has 2 rings (SSSR count). The largest absolute Gasteiger partial charge is 0.452 e. The highest BCUT2D eigenvalue weighted by molar-refractivity contribution is 7.85. The molecule has 138 valence electrons. The second kappa shape index (κ2) is 8.96. The molecule has 1 amide bonds. The van der Waals surface area contributed by atoms with Crippen molar-refractivity contribution in [3.05, 3.63) is 58.1 Å². The van der Waals surface area contributed by atoms with E-state index in [4.69, 9.17) is 16.3 Å². The van der Waals surface area contributed by atoms with Gasteiger partial charge in [-0.05, 0) is 43.2 Å². The number of hydrogen-bond acceptors (Lipinski definition) is 4. The maximum atomic E-state index is 12.3. The van der Waals surface area contributed by atoms with Crippen molar-refractivity contribution in [3.63, 3.8) is 0 Å². The average Bonchev–Trinajstić information content (AvgIpc) is 2.62. The first-order chi connectivity index (χ1) is 12.3. The second-order valence-electron chi connectivity index (χ2n) is 5.69. The zero-order valence-electron chi connectivity index (χ0n) is 14.8. The van der Waals surface area contributed by atoms with Gasteiger partial charge in [-0.2, -0.15) is 0 Å². The zero-order valence-corrected chi connectivity index (χ0v) is 16.4. The van der Waals surface area contributed by atoms with E-state index >= 15 is 0 Å². The Bertz CT molecular complexity index is 843. The maximum absolute atomic E-state index is 12.3. The zero-order chi connectivity index (χ0) is 19.3. The Morgan fingerprint density at radius 1 is 1.19 bits per heavy atom. The number of halogens is 1. The van der Waals surface area contributed by atoms with Crippen molar-refractivity contribution in [3.8, 4) is 0 Å². The van der Waals surface area contributed by atoms with Gasteiger partial charge in [0.2, 0.25) is 0 Å². The van der Waals surface area contributed by atoms with E-state index in [1.807, 2.05) is 19.9 Å². The number of aryl methyl sites for hydroxylation is 2. The van der Waals surface area contributed by atoms with Crippen LogP contribution in [0.4, 0.5) is 5.69 Å². The molecule has 7 heteroatoms. The SMILES string of the molecule is CCS(=O)c1ccccc1C(=O)OCC(=O)Nc1c(C)cc(C)cc1Cl. The summed E-state index contributed by atoms with van der Waals surface area (Å²) in [5, 5.41) is 3.08. The lowest BCUT2D eigenvalue weighted by Gasteiger charge is -2.12. The summed E-state index contributed by atoms with van der Waals surface area (Å²) in [7, 11) is -1.30. The number of amides is 1. The summed E-state index contributed by atoms with van der Waals surface area (Å²) in [6.07, 6.45) is 0. The Morgan fingerprint density at radius 2 is 1.88 bits per heavy atom. The highest BCUT2D eigenvalue weighted by Crippen LogP contribution is 2.27. The third kappa shape index (κ3) is 4.93. The van der Waals surface area contributed by atoms with Crippen LogP contribution in [0.5, 0.6) is 0 Å². The minimum Gasteiger partial charge on any atom is -0.452 e. The van der Waals surface area contributed by atoms with Crippen LogP contribution in [-0.2, 0) is 20.3 Å². The number of ether oxygens (including phenoxy) is 1. The molecule has 26 heavy (non-hydrogen) atoms. The number of carbonyl (C=O) groups is 2. The van der Waals surface area contributed by atoms with Crippen LogP contribution in [0.1, 0.15) is 28.4 Å². The smallest absolute Gasteiger partial charge is 0.339 e. The predicted molar refractivity (Wildman–Crippen MR) is 103 cm³/mol. The molecule has 1 N–H and O–H groups in total. The van der Waals surface area contributed by atoms with Gasteiger partial charge in [-0.25, -0.2) is 4.79 Å². The van der Waals surface area contributed by atoms with E-state index in [2.05, 4.69) is 5.32 Å². The molecule has 0 radical (unpaired) electrons. The summed E-state index contributed by atoms with van der Waals surface area (Å²) >= 11 is 6.15. The molecule has 0 aromatic heterocycles. The molecule has 0 saturated carbocycles. The predicted octanol–water partition coefficient (Wildman–Crippen LogP) is 3.88. The van der Waals surface area contributed by atoms with Gasteiger partial charge in [0.05, 0.1) is 32.0 Å². The van der Waals surface area contributed by atoms with E-state index in [9.17, 15) is 13.8 Å². The molecular formula is C19H20ClNO4S. The fraction of sp³-hybridized carbons (Fsp3) is 0.263. The van der Waals surface area contributed by atoms with Crippen LogP contribution in [0.2, 0.25) is 5.02 Å². The van der Waals surface area contributed by atoms with Gasteiger partial charge in [-0.3, -0.25) is 9.00 Å². The molecule has 0 aliphatic carbocycles. The molecule has 5 nitrogen and oxygen atoms in total. The van der Waals surface area contributed by atoms with Gasteiger partial charge >= 0.3 is 5.97 Å². The Hall–Kier alpha value is -2.18. The maximum Gasteiger partial charge on any atom is 0.339 e. The Kier molecular flexibility index (Phi) is 6.94. The van der Waals surface area contributed by atoms with Crippen LogP contribution in [0, 0.1) is 13.8 Å². The molecule has 0 aliphatic rings. The number of anilines is 1. The van der Waals surface area contributed by atoms with E-state index in [-0.39, 0.29) is 5.56 Å². The molecule has 0 saturated heterocycles. The van der Waals surface area contributed by atoms with Crippen LogP contribution >= 0.6 is 11.6 Å². The summed E-state index contributed by atoms with van der Waals surface area (Å²) < 4.78 is 17.1.